The highest BCUT2D eigenvalue weighted by molar-refractivity contribution is 6.06. The van der Waals surface area contributed by atoms with Crippen molar-refractivity contribution in [3.63, 3.8) is 0 Å². The SMILES string of the molecule is O=c1c2cccc3c2c(cn1[C@H]1CN2CCC1CC2)NN3. The number of hydrogen-bond donors (Lipinski definition) is 2. The molecule has 0 radical (unpaired) electrons. The van der Waals surface area contributed by atoms with Gasteiger partial charge in [-0.15, -0.1) is 0 Å². The minimum absolute atomic E-state index is 0.153. The van der Waals surface area contributed by atoms with E-state index in [9.17, 15) is 4.79 Å². The Labute approximate surface area is 122 Å². The van der Waals surface area contributed by atoms with Crippen LogP contribution in [0.15, 0.2) is 29.2 Å². The maximum atomic E-state index is 12.9. The Hall–Kier alpha value is -2.01. The third-order valence-corrected chi connectivity index (χ3v) is 5.38. The molecule has 0 saturated carbocycles. The van der Waals surface area contributed by atoms with E-state index in [1.165, 1.54) is 25.9 Å². The van der Waals surface area contributed by atoms with Crippen molar-refractivity contribution in [1.82, 2.24) is 9.47 Å². The maximum Gasteiger partial charge on any atom is 0.258 e. The first-order valence-corrected chi connectivity index (χ1v) is 7.73. The highest BCUT2D eigenvalue weighted by atomic mass is 16.1. The van der Waals surface area contributed by atoms with Crippen molar-refractivity contribution < 1.29 is 0 Å². The minimum Gasteiger partial charge on any atom is -0.308 e. The van der Waals surface area contributed by atoms with Crippen LogP contribution in [-0.4, -0.2) is 29.1 Å². The van der Waals surface area contributed by atoms with E-state index >= 15 is 0 Å². The molecular formula is C16H18N4O. The molecule has 4 aliphatic heterocycles. The van der Waals surface area contributed by atoms with Crippen molar-refractivity contribution >= 4 is 22.1 Å². The predicted molar refractivity (Wildman–Crippen MR) is 83.7 cm³/mol. The average Bonchev–Trinajstić information content (AvgIpc) is 2.96. The largest absolute Gasteiger partial charge is 0.308 e. The van der Waals surface area contributed by atoms with Gasteiger partial charge in [0, 0.05) is 18.1 Å². The fourth-order valence-corrected chi connectivity index (χ4v) is 4.25. The molecule has 0 amide bonds. The van der Waals surface area contributed by atoms with E-state index in [1.807, 2.05) is 29.0 Å². The summed E-state index contributed by atoms with van der Waals surface area (Å²) in [6.07, 6.45) is 4.45. The Balaban J connectivity index is 1.72. The summed E-state index contributed by atoms with van der Waals surface area (Å²) in [6.45, 7) is 3.41. The normalized spacial score (nSPS) is 29.4. The summed E-state index contributed by atoms with van der Waals surface area (Å²) in [5.41, 5.74) is 8.53. The standard InChI is InChI=1S/C16H18N4O/c21-16-11-2-1-3-12-15(11)13(18-17-12)8-20(16)14-9-19-6-4-10(14)5-7-19/h1-3,8,10,14,17-18H,4-7,9H2/t14-/m0/s1. The number of nitrogens with zero attached hydrogens (tertiary/aromatic N) is 2. The number of benzene rings is 1. The highest BCUT2D eigenvalue weighted by Gasteiger charge is 2.36. The minimum atomic E-state index is 0.153. The molecule has 1 aromatic heterocycles. The molecule has 6 rings (SSSR count). The first-order valence-electron chi connectivity index (χ1n) is 7.73. The lowest BCUT2D eigenvalue weighted by Gasteiger charge is -2.45. The van der Waals surface area contributed by atoms with Crippen LogP contribution in [0.4, 0.5) is 11.4 Å². The van der Waals surface area contributed by atoms with Crippen LogP contribution < -0.4 is 16.4 Å². The van der Waals surface area contributed by atoms with Crippen molar-refractivity contribution in [2.75, 3.05) is 30.5 Å². The summed E-state index contributed by atoms with van der Waals surface area (Å²) < 4.78 is 1.98. The fourth-order valence-electron chi connectivity index (χ4n) is 4.25. The van der Waals surface area contributed by atoms with Gasteiger partial charge in [0.1, 0.15) is 0 Å². The van der Waals surface area contributed by atoms with Gasteiger partial charge in [-0.2, -0.15) is 0 Å². The van der Waals surface area contributed by atoms with Gasteiger partial charge in [-0.05, 0) is 44.0 Å². The first kappa shape index (κ1) is 11.6. The van der Waals surface area contributed by atoms with Gasteiger partial charge in [0.25, 0.3) is 5.56 Å². The van der Waals surface area contributed by atoms with Crippen molar-refractivity contribution in [3.8, 4) is 0 Å². The van der Waals surface area contributed by atoms with Crippen molar-refractivity contribution in [3.05, 3.63) is 34.7 Å². The van der Waals surface area contributed by atoms with E-state index in [1.54, 1.807) is 0 Å². The zero-order chi connectivity index (χ0) is 14.0. The molecular weight excluding hydrogens is 264 g/mol. The number of pyridine rings is 1. The summed E-state index contributed by atoms with van der Waals surface area (Å²) in [4.78, 5) is 15.4. The number of fused-ring (bicyclic) bond motifs is 3. The van der Waals surface area contributed by atoms with E-state index in [0.29, 0.717) is 12.0 Å². The van der Waals surface area contributed by atoms with Crippen LogP contribution >= 0.6 is 0 Å². The van der Waals surface area contributed by atoms with Crippen molar-refractivity contribution in [2.24, 2.45) is 5.92 Å². The van der Waals surface area contributed by atoms with Crippen LogP contribution in [0.25, 0.3) is 10.8 Å². The summed E-state index contributed by atoms with van der Waals surface area (Å²) in [5.74, 6) is 0.648. The molecule has 5 nitrogen and oxygen atoms in total. The second-order valence-corrected chi connectivity index (χ2v) is 6.44. The first-order chi connectivity index (χ1) is 10.3. The highest BCUT2D eigenvalue weighted by Crippen LogP contribution is 2.38. The number of piperidine rings is 3. The second-order valence-electron chi connectivity index (χ2n) is 6.44. The monoisotopic (exact) mass is 282 g/mol. The molecule has 0 spiro atoms. The van der Waals surface area contributed by atoms with Gasteiger partial charge in [-0.25, -0.2) is 0 Å². The molecule has 5 heterocycles. The Morgan fingerprint density at radius 1 is 1.10 bits per heavy atom. The lowest BCUT2D eigenvalue weighted by molar-refractivity contribution is 0.0557. The van der Waals surface area contributed by atoms with E-state index in [0.717, 1.165) is 28.7 Å². The van der Waals surface area contributed by atoms with E-state index in [-0.39, 0.29) is 5.56 Å². The van der Waals surface area contributed by atoms with Crippen LogP contribution in [0.3, 0.4) is 0 Å². The van der Waals surface area contributed by atoms with E-state index in [2.05, 4.69) is 15.8 Å². The van der Waals surface area contributed by atoms with Gasteiger partial charge in [0.05, 0.1) is 22.8 Å². The Kier molecular flexibility index (Phi) is 2.22. The van der Waals surface area contributed by atoms with Gasteiger partial charge in [-0.3, -0.25) is 10.2 Å². The maximum absolute atomic E-state index is 12.9. The van der Waals surface area contributed by atoms with Crippen molar-refractivity contribution in [1.29, 1.82) is 0 Å². The Morgan fingerprint density at radius 3 is 2.67 bits per heavy atom. The molecule has 2 aromatic rings. The zero-order valence-electron chi connectivity index (χ0n) is 11.8. The summed E-state index contributed by atoms with van der Waals surface area (Å²) in [5, 5.41) is 1.85. The fraction of sp³-hybridized carbons (Fsp3) is 0.438. The van der Waals surface area contributed by atoms with Crippen molar-refractivity contribution in [2.45, 2.75) is 18.9 Å². The Bertz CT molecular complexity index is 789. The van der Waals surface area contributed by atoms with Crippen LogP contribution in [0.5, 0.6) is 0 Å². The van der Waals surface area contributed by atoms with Crippen LogP contribution in [0.1, 0.15) is 18.9 Å². The van der Waals surface area contributed by atoms with Gasteiger partial charge >= 0.3 is 0 Å². The van der Waals surface area contributed by atoms with Gasteiger partial charge in [-0.1, -0.05) is 6.07 Å². The number of nitrogens with one attached hydrogen (secondary N) is 2. The summed E-state index contributed by atoms with van der Waals surface area (Å²) >= 11 is 0. The molecule has 5 heteroatoms. The Morgan fingerprint density at radius 2 is 1.90 bits per heavy atom. The van der Waals surface area contributed by atoms with Crippen LogP contribution in [0.2, 0.25) is 0 Å². The number of hydrogen-bond acceptors (Lipinski definition) is 4. The molecule has 1 aromatic carbocycles. The third-order valence-electron chi connectivity index (χ3n) is 5.38. The van der Waals surface area contributed by atoms with E-state index in [4.69, 9.17) is 0 Å². The molecule has 0 unspecified atom stereocenters. The van der Waals surface area contributed by atoms with Gasteiger partial charge in [0.2, 0.25) is 0 Å². The summed E-state index contributed by atoms with van der Waals surface area (Å²) in [6, 6.07) is 6.22. The molecule has 4 aliphatic rings. The van der Waals surface area contributed by atoms with E-state index < -0.39 is 0 Å². The quantitative estimate of drug-likeness (QED) is 0.840. The molecule has 1 atom stereocenters. The molecule has 3 saturated heterocycles. The number of hydrazine groups is 1. The molecule has 108 valence electrons. The average molecular weight is 282 g/mol. The molecule has 3 fully saturated rings. The molecule has 0 aliphatic carbocycles. The molecule has 21 heavy (non-hydrogen) atoms. The summed E-state index contributed by atoms with van der Waals surface area (Å²) in [7, 11) is 0. The number of rotatable bonds is 1. The molecule has 2 bridgehead atoms. The number of aromatic nitrogens is 1. The van der Waals surface area contributed by atoms with Gasteiger partial charge < -0.3 is 14.9 Å². The molecule has 2 N–H and O–H groups in total. The number of anilines is 2. The van der Waals surface area contributed by atoms with Gasteiger partial charge in [0.15, 0.2) is 0 Å². The smallest absolute Gasteiger partial charge is 0.258 e. The lowest BCUT2D eigenvalue weighted by Crippen LogP contribution is -2.49. The second kappa shape index (κ2) is 4.01. The van der Waals surface area contributed by atoms with Crippen LogP contribution in [0, 0.1) is 5.92 Å². The third kappa shape index (κ3) is 1.52. The zero-order valence-corrected chi connectivity index (χ0v) is 11.8. The predicted octanol–water partition coefficient (Wildman–Crippen LogP) is 2.02. The topological polar surface area (TPSA) is 49.3 Å². The van der Waals surface area contributed by atoms with Crippen LogP contribution in [-0.2, 0) is 0 Å². The lowest BCUT2D eigenvalue weighted by atomic mass is 9.83.